The Bertz CT molecular complexity index is 597. The number of nitro benzene ring substituents is 2. The summed E-state index contributed by atoms with van der Waals surface area (Å²) in [5.74, 6) is -4.68. The molecule has 0 aliphatic heterocycles. The molecule has 1 aromatic carbocycles. The zero-order chi connectivity index (χ0) is 15.4. The molecule has 0 heterocycles. The Labute approximate surface area is 110 Å². The van der Waals surface area contributed by atoms with Crippen molar-refractivity contribution >= 4 is 23.3 Å². The van der Waals surface area contributed by atoms with E-state index in [4.69, 9.17) is 10.2 Å². The van der Waals surface area contributed by atoms with Crippen LogP contribution in [0.2, 0.25) is 0 Å². The second-order valence-electron chi connectivity index (χ2n) is 3.75. The Morgan fingerprint density at radius 1 is 1.15 bits per heavy atom. The van der Waals surface area contributed by atoms with Crippen molar-refractivity contribution in [2.45, 2.75) is 12.3 Å². The van der Waals surface area contributed by atoms with Gasteiger partial charge in [0.1, 0.15) is 0 Å². The molecular formula is C10H8N2O8. The van der Waals surface area contributed by atoms with E-state index in [1.54, 1.807) is 0 Å². The first-order valence-electron chi connectivity index (χ1n) is 5.11. The van der Waals surface area contributed by atoms with Crippen molar-refractivity contribution < 1.29 is 29.6 Å². The van der Waals surface area contributed by atoms with Crippen LogP contribution in [0.1, 0.15) is 17.9 Å². The summed E-state index contributed by atoms with van der Waals surface area (Å²) in [4.78, 5) is 41.1. The number of non-ortho nitro benzene ring substituents is 1. The molecule has 0 saturated heterocycles. The van der Waals surface area contributed by atoms with Gasteiger partial charge in [0.25, 0.3) is 11.4 Å². The molecule has 10 heteroatoms. The van der Waals surface area contributed by atoms with Gasteiger partial charge in [0.15, 0.2) is 0 Å². The third-order valence-corrected chi connectivity index (χ3v) is 2.47. The van der Waals surface area contributed by atoms with Crippen molar-refractivity contribution in [3.05, 3.63) is 44.0 Å². The Morgan fingerprint density at radius 3 is 2.15 bits per heavy atom. The second-order valence-corrected chi connectivity index (χ2v) is 3.75. The first-order valence-corrected chi connectivity index (χ1v) is 5.11. The molecule has 1 atom stereocenters. The summed E-state index contributed by atoms with van der Waals surface area (Å²) in [6.45, 7) is 0. The molecular weight excluding hydrogens is 276 g/mol. The first-order chi connectivity index (χ1) is 9.23. The van der Waals surface area contributed by atoms with Crippen molar-refractivity contribution in [3.63, 3.8) is 0 Å². The summed E-state index contributed by atoms with van der Waals surface area (Å²) in [6, 6.07) is 2.38. The molecule has 10 nitrogen and oxygen atoms in total. The number of carbonyl (C=O) groups is 2. The Balaban J connectivity index is 3.41. The molecule has 0 fully saturated rings. The summed E-state index contributed by atoms with van der Waals surface area (Å²) >= 11 is 0. The number of rotatable bonds is 6. The molecule has 1 unspecified atom stereocenters. The van der Waals surface area contributed by atoms with Crippen LogP contribution >= 0.6 is 0 Å². The van der Waals surface area contributed by atoms with E-state index in [1.165, 1.54) is 0 Å². The molecule has 0 saturated carbocycles. The minimum absolute atomic E-state index is 0.393. The van der Waals surface area contributed by atoms with Crippen molar-refractivity contribution in [2.24, 2.45) is 0 Å². The number of carboxylic acid groups (broad SMARTS) is 2. The number of carboxylic acids is 2. The number of benzene rings is 1. The van der Waals surface area contributed by atoms with Crippen LogP contribution in [-0.2, 0) is 9.59 Å². The summed E-state index contributed by atoms with van der Waals surface area (Å²) < 4.78 is 0. The quantitative estimate of drug-likeness (QED) is 0.580. The predicted molar refractivity (Wildman–Crippen MR) is 62.4 cm³/mol. The normalized spacial score (nSPS) is 11.6. The van der Waals surface area contributed by atoms with E-state index in [1.807, 2.05) is 0 Å². The van der Waals surface area contributed by atoms with Crippen molar-refractivity contribution in [1.29, 1.82) is 0 Å². The fraction of sp³-hybridized carbons (Fsp3) is 0.200. The fourth-order valence-electron chi connectivity index (χ4n) is 1.60. The summed E-state index contributed by atoms with van der Waals surface area (Å²) in [5.41, 5.74) is -1.77. The average molecular weight is 284 g/mol. The Morgan fingerprint density at radius 2 is 1.75 bits per heavy atom. The highest BCUT2D eigenvalue weighted by molar-refractivity contribution is 5.84. The van der Waals surface area contributed by atoms with Crippen LogP contribution in [0, 0.1) is 20.2 Å². The van der Waals surface area contributed by atoms with Crippen LogP contribution in [0.15, 0.2) is 18.2 Å². The number of nitro groups is 2. The highest BCUT2D eigenvalue weighted by Gasteiger charge is 2.31. The molecule has 0 spiro atoms. The van der Waals surface area contributed by atoms with Gasteiger partial charge in [-0.3, -0.25) is 29.8 Å². The smallest absolute Gasteiger partial charge is 0.311 e. The van der Waals surface area contributed by atoms with E-state index in [0.717, 1.165) is 12.1 Å². The maximum atomic E-state index is 11.0. The largest absolute Gasteiger partial charge is 0.481 e. The number of aliphatic carboxylic acids is 2. The molecule has 1 aromatic rings. The van der Waals surface area contributed by atoms with E-state index in [-0.39, 0.29) is 0 Å². The van der Waals surface area contributed by atoms with Crippen LogP contribution in [-0.4, -0.2) is 32.0 Å². The first kappa shape index (κ1) is 15.0. The maximum absolute atomic E-state index is 11.0. The molecule has 0 aliphatic carbocycles. The van der Waals surface area contributed by atoms with E-state index in [2.05, 4.69) is 0 Å². The monoisotopic (exact) mass is 284 g/mol. The highest BCUT2D eigenvalue weighted by Crippen LogP contribution is 2.32. The SMILES string of the molecule is O=C(O)CC(C(=O)O)c1ccc([N+](=O)[O-])cc1[N+](=O)[O-]. The zero-order valence-corrected chi connectivity index (χ0v) is 9.75. The molecule has 0 radical (unpaired) electrons. The number of hydrogen-bond donors (Lipinski definition) is 2. The second kappa shape index (κ2) is 5.73. The molecule has 2 N–H and O–H groups in total. The van der Waals surface area contributed by atoms with E-state index >= 15 is 0 Å². The minimum Gasteiger partial charge on any atom is -0.481 e. The fourth-order valence-corrected chi connectivity index (χ4v) is 1.60. The number of nitrogens with zero attached hydrogens (tertiary/aromatic N) is 2. The average Bonchev–Trinajstić information content (AvgIpc) is 2.34. The highest BCUT2D eigenvalue weighted by atomic mass is 16.6. The van der Waals surface area contributed by atoms with Crippen LogP contribution in [0.4, 0.5) is 11.4 Å². The lowest BCUT2D eigenvalue weighted by atomic mass is 9.94. The van der Waals surface area contributed by atoms with Crippen LogP contribution in [0.25, 0.3) is 0 Å². The van der Waals surface area contributed by atoms with Gasteiger partial charge in [-0.2, -0.15) is 0 Å². The molecule has 0 aliphatic rings. The van der Waals surface area contributed by atoms with Gasteiger partial charge in [0.2, 0.25) is 0 Å². The van der Waals surface area contributed by atoms with Gasteiger partial charge in [-0.1, -0.05) is 0 Å². The lowest BCUT2D eigenvalue weighted by Gasteiger charge is -2.10. The van der Waals surface area contributed by atoms with Gasteiger partial charge < -0.3 is 10.2 Å². The standard InChI is InChI=1S/C10H8N2O8/c13-9(14)4-7(10(15)16)6-2-1-5(11(17)18)3-8(6)12(19)20/h1-3,7H,4H2,(H,13,14)(H,15,16). The van der Waals surface area contributed by atoms with Crippen molar-refractivity contribution in [1.82, 2.24) is 0 Å². The molecule has 0 amide bonds. The zero-order valence-electron chi connectivity index (χ0n) is 9.75. The van der Waals surface area contributed by atoms with Gasteiger partial charge in [-0.15, -0.1) is 0 Å². The third kappa shape index (κ3) is 3.25. The number of hydrogen-bond acceptors (Lipinski definition) is 6. The summed E-state index contributed by atoms with van der Waals surface area (Å²) in [5, 5.41) is 39.0. The van der Waals surface area contributed by atoms with Crippen molar-refractivity contribution in [3.8, 4) is 0 Å². The van der Waals surface area contributed by atoms with Gasteiger partial charge in [0, 0.05) is 11.6 Å². The van der Waals surface area contributed by atoms with Gasteiger partial charge in [-0.05, 0) is 6.07 Å². The van der Waals surface area contributed by atoms with Crippen molar-refractivity contribution in [2.75, 3.05) is 0 Å². The van der Waals surface area contributed by atoms with E-state index in [9.17, 15) is 29.8 Å². The lowest BCUT2D eigenvalue weighted by molar-refractivity contribution is -0.394. The van der Waals surface area contributed by atoms with E-state index in [0.29, 0.717) is 6.07 Å². The summed E-state index contributed by atoms with van der Waals surface area (Å²) in [6.07, 6.45) is -0.867. The molecule has 20 heavy (non-hydrogen) atoms. The van der Waals surface area contributed by atoms with Crippen LogP contribution in [0.5, 0.6) is 0 Å². The minimum atomic E-state index is -1.66. The molecule has 106 valence electrons. The predicted octanol–water partition coefficient (Wildman–Crippen LogP) is 1.15. The van der Waals surface area contributed by atoms with Crippen LogP contribution in [0.3, 0.4) is 0 Å². The third-order valence-electron chi connectivity index (χ3n) is 2.47. The summed E-state index contributed by atoms with van der Waals surface area (Å²) in [7, 11) is 0. The van der Waals surface area contributed by atoms with Crippen LogP contribution < -0.4 is 0 Å². The molecule has 0 aromatic heterocycles. The van der Waals surface area contributed by atoms with E-state index < -0.39 is 51.1 Å². The van der Waals surface area contributed by atoms with Gasteiger partial charge in [0.05, 0.1) is 28.3 Å². The molecule has 0 bridgehead atoms. The Hall–Kier alpha value is -3.04. The Kier molecular flexibility index (Phi) is 4.31. The topological polar surface area (TPSA) is 161 Å². The van der Waals surface area contributed by atoms with Gasteiger partial charge in [-0.25, -0.2) is 0 Å². The lowest BCUT2D eigenvalue weighted by Crippen LogP contribution is -2.17. The van der Waals surface area contributed by atoms with Gasteiger partial charge >= 0.3 is 11.9 Å². The maximum Gasteiger partial charge on any atom is 0.311 e. The molecule has 1 rings (SSSR count).